The minimum atomic E-state index is -1.52. The van der Waals surface area contributed by atoms with E-state index in [0.717, 1.165) is 34.3 Å². The van der Waals surface area contributed by atoms with E-state index >= 15 is 0 Å². The summed E-state index contributed by atoms with van der Waals surface area (Å²) in [7, 11) is 1.59. The number of halogens is 3. The molecule has 4 aromatic rings. The van der Waals surface area contributed by atoms with Gasteiger partial charge in [-0.25, -0.2) is 22.9 Å². The standard InChI is InChI=1S/C26H19F3N2O3S/c1-34-19-9-6-17(7-10-19)12-13-31(15-18-4-2-16(3-5-18)8-11-22(32)33)26-30-21-14-20(27)23(28)24(29)25(21)35-26/h2-7,9-10,14H,12-13,15H2,1H3,(H,32,33). The molecule has 35 heavy (non-hydrogen) atoms. The number of ether oxygens (including phenoxy) is 1. The molecule has 0 fully saturated rings. The molecule has 0 aliphatic heterocycles. The van der Waals surface area contributed by atoms with Crippen molar-refractivity contribution < 1.29 is 27.8 Å². The van der Waals surface area contributed by atoms with Crippen molar-refractivity contribution in [1.82, 2.24) is 4.98 Å². The normalized spacial score (nSPS) is 10.6. The molecule has 178 valence electrons. The molecule has 3 aromatic carbocycles. The van der Waals surface area contributed by atoms with Crippen molar-refractivity contribution in [2.24, 2.45) is 0 Å². The first-order valence-corrected chi connectivity index (χ1v) is 11.3. The monoisotopic (exact) mass is 496 g/mol. The molecule has 0 saturated heterocycles. The van der Waals surface area contributed by atoms with Crippen LogP contribution in [0.15, 0.2) is 54.6 Å². The number of fused-ring (bicyclic) bond motifs is 1. The number of rotatable bonds is 7. The van der Waals surface area contributed by atoms with Gasteiger partial charge in [0.2, 0.25) is 0 Å². The number of hydrogen-bond donors (Lipinski definition) is 1. The number of carboxylic acid groups (broad SMARTS) is 1. The van der Waals surface area contributed by atoms with Crippen LogP contribution >= 0.6 is 11.3 Å². The fourth-order valence-corrected chi connectivity index (χ4v) is 4.44. The molecule has 0 unspecified atom stereocenters. The number of thiazole rings is 1. The first-order valence-electron chi connectivity index (χ1n) is 10.5. The summed E-state index contributed by atoms with van der Waals surface area (Å²) in [5.74, 6) is 0.0910. The highest BCUT2D eigenvalue weighted by molar-refractivity contribution is 7.22. The van der Waals surface area contributed by atoms with E-state index in [0.29, 0.717) is 30.2 Å². The Bertz CT molecular complexity index is 1420. The Morgan fingerprint density at radius 3 is 2.40 bits per heavy atom. The SMILES string of the molecule is COc1ccc(CCN(Cc2ccc(C#CC(=O)O)cc2)c2nc3cc(F)c(F)c(F)c3s2)cc1. The lowest BCUT2D eigenvalue weighted by Gasteiger charge is -2.22. The van der Waals surface area contributed by atoms with Crippen molar-refractivity contribution in [2.45, 2.75) is 13.0 Å². The summed E-state index contributed by atoms with van der Waals surface area (Å²) in [6, 6.07) is 15.5. The van der Waals surface area contributed by atoms with Gasteiger partial charge in [0.05, 0.1) is 17.3 Å². The molecule has 1 N–H and O–H groups in total. The number of methoxy groups -OCH3 is 1. The molecule has 0 bridgehead atoms. The quantitative estimate of drug-likeness (QED) is 0.274. The number of hydrogen-bond acceptors (Lipinski definition) is 5. The van der Waals surface area contributed by atoms with Crippen LogP contribution in [-0.4, -0.2) is 29.7 Å². The summed E-state index contributed by atoms with van der Waals surface area (Å²) in [5.41, 5.74) is 2.52. The molecule has 9 heteroatoms. The van der Waals surface area contributed by atoms with E-state index < -0.39 is 23.4 Å². The molecule has 1 aromatic heterocycles. The Hall–Kier alpha value is -4.03. The van der Waals surface area contributed by atoms with Crippen molar-refractivity contribution in [3.63, 3.8) is 0 Å². The van der Waals surface area contributed by atoms with Crippen molar-refractivity contribution in [1.29, 1.82) is 0 Å². The van der Waals surface area contributed by atoms with Gasteiger partial charge in [-0.15, -0.1) is 0 Å². The minimum absolute atomic E-state index is 0.0485. The topological polar surface area (TPSA) is 62.7 Å². The summed E-state index contributed by atoms with van der Waals surface area (Å²) in [6.45, 7) is 0.883. The first-order chi connectivity index (χ1) is 16.8. The molecule has 0 aliphatic carbocycles. The third-order valence-corrected chi connectivity index (χ3v) is 6.37. The second kappa shape index (κ2) is 10.5. The van der Waals surface area contributed by atoms with E-state index in [9.17, 15) is 18.0 Å². The molecule has 0 atom stereocenters. The number of benzene rings is 3. The van der Waals surface area contributed by atoms with Crippen LogP contribution in [0, 0.1) is 29.3 Å². The maximum absolute atomic E-state index is 14.3. The van der Waals surface area contributed by atoms with Gasteiger partial charge in [-0.05, 0) is 41.8 Å². The van der Waals surface area contributed by atoms with E-state index in [-0.39, 0.29) is 10.2 Å². The van der Waals surface area contributed by atoms with Crippen molar-refractivity contribution in [2.75, 3.05) is 18.6 Å². The number of anilines is 1. The van der Waals surface area contributed by atoms with Crippen LogP contribution in [0.2, 0.25) is 0 Å². The Labute approximate surface area is 203 Å². The summed E-state index contributed by atoms with van der Waals surface area (Å²) < 4.78 is 47.0. The number of aromatic nitrogens is 1. The first kappa shape index (κ1) is 24.1. The Kier molecular flexibility index (Phi) is 7.22. The van der Waals surface area contributed by atoms with Gasteiger partial charge in [0, 0.05) is 30.6 Å². The number of nitrogens with zero attached hydrogens (tertiary/aromatic N) is 2. The fraction of sp³-hybridized carbons (Fsp3) is 0.154. The summed E-state index contributed by atoms with van der Waals surface area (Å²) in [5, 5.41) is 9.13. The van der Waals surface area contributed by atoms with Crippen LogP contribution in [0.5, 0.6) is 5.75 Å². The second-order valence-corrected chi connectivity index (χ2v) is 8.58. The lowest BCUT2D eigenvalue weighted by atomic mass is 10.1. The maximum Gasteiger partial charge on any atom is 0.382 e. The zero-order valence-corrected chi connectivity index (χ0v) is 19.3. The van der Waals surface area contributed by atoms with Crippen molar-refractivity contribution >= 4 is 32.7 Å². The fourth-order valence-electron chi connectivity index (χ4n) is 3.44. The lowest BCUT2D eigenvalue weighted by molar-refractivity contribution is -0.130. The number of aliphatic carboxylic acids is 1. The molecular formula is C26H19F3N2O3S. The molecular weight excluding hydrogens is 477 g/mol. The van der Waals surface area contributed by atoms with Crippen LogP contribution in [0.4, 0.5) is 18.3 Å². The van der Waals surface area contributed by atoms with Gasteiger partial charge < -0.3 is 14.7 Å². The molecule has 0 saturated carbocycles. The van der Waals surface area contributed by atoms with Crippen LogP contribution in [0.1, 0.15) is 16.7 Å². The van der Waals surface area contributed by atoms with E-state index in [2.05, 4.69) is 16.8 Å². The van der Waals surface area contributed by atoms with E-state index in [4.69, 9.17) is 9.84 Å². The second-order valence-electron chi connectivity index (χ2n) is 7.60. The van der Waals surface area contributed by atoms with Crippen LogP contribution < -0.4 is 9.64 Å². The molecule has 0 radical (unpaired) electrons. The number of carboxylic acids is 1. The van der Waals surface area contributed by atoms with Gasteiger partial charge in [-0.1, -0.05) is 41.5 Å². The van der Waals surface area contributed by atoms with Crippen molar-refractivity contribution in [3.8, 4) is 17.6 Å². The van der Waals surface area contributed by atoms with Gasteiger partial charge in [0.25, 0.3) is 0 Å². The summed E-state index contributed by atoms with van der Waals surface area (Å²) in [4.78, 5) is 16.9. The third-order valence-electron chi connectivity index (χ3n) is 5.25. The smallest absolute Gasteiger partial charge is 0.382 e. The van der Waals surface area contributed by atoms with Crippen LogP contribution in [0.3, 0.4) is 0 Å². The highest BCUT2D eigenvalue weighted by Crippen LogP contribution is 2.33. The van der Waals surface area contributed by atoms with Gasteiger partial charge in [-0.2, -0.15) is 0 Å². The Morgan fingerprint density at radius 1 is 1.06 bits per heavy atom. The Balaban J connectivity index is 1.62. The van der Waals surface area contributed by atoms with Crippen LogP contribution in [-0.2, 0) is 17.8 Å². The predicted molar refractivity (Wildman–Crippen MR) is 128 cm³/mol. The zero-order valence-electron chi connectivity index (χ0n) is 18.5. The summed E-state index contributed by atoms with van der Waals surface area (Å²) >= 11 is 0.955. The minimum Gasteiger partial charge on any atom is -0.497 e. The average Bonchev–Trinajstić information content (AvgIpc) is 3.29. The maximum atomic E-state index is 14.3. The molecule has 0 amide bonds. The molecule has 0 aliphatic rings. The van der Waals surface area contributed by atoms with Gasteiger partial charge in [0.1, 0.15) is 5.75 Å². The zero-order chi connectivity index (χ0) is 24.9. The molecule has 0 spiro atoms. The van der Waals surface area contributed by atoms with Gasteiger partial charge >= 0.3 is 5.97 Å². The van der Waals surface area contributed by atoms with Gasteiger partial charge in [-0.3, -0.25) is 0 Å². The van der Waals surface area contributed by atoms with Crippen LogP contribution in [0.25, 0.3) is 10.2 Å². The van der Waals surface area contributed by atoms with Gasteiger partial charge in [0.15, 0.2) is 22.6 Å². The lowest BCUT2D eigenvalue weighted by Crippen LogP contribution is -2.25. The van der Waals surface area contributed by atoms with E-state index in [1.165, 1.54) is 0 Å². The van der Waals surface area contributed by atoms with Crippen molar-refractivity contribution in [3.05, 3.63) is 88.7 Å². The average molecular weight is 497 g/mol. The van der Waals surface area contributed by atoms with E-state index in [1.54, 1.807) is 31.4 Å². The largest absolute Gasteiger partial charge is 0.497 e. The summed E-state index contributed by atoms with van der Waals surface area (Å²) in [6.07, 6.45) is 0.632. The highest BCUT2D eigenvalue weighted by Gasteiger charge is 2.20. The van der Waals surface area contributed by atoms with E-state index in [1.807, 2.05) is 29.2 Å². The third kappa shape index (κ3) is 5.73. The predicted octanol–water partition coefficient (Wildman–Crippen LogP) is 5.41. The number of carbonyl (C=O) groups is 1. The highest BCUT2D eigenvalue weighted by atomic mass is 32.1. The molecule has 1 heterocycles. The molecule has 5 nitrogen and oxygen atoms in total. The molecule has 4 rings (SSSR count). The Morgan fingerprint density at radius 2 is 1.74 bits per heavy atom.